The van der Waals surface area contributed by atoms with E-state index in [-0.39, 0.29) is 12.4 Å². The maximum Gasteiger partial charge on any atom is 0.262 e. The molecule has 0 saturated heterocycles. The van der Waals surface area contributed by atoms with Gasteiger partial charge in [0, 0.05) is 5.69 Å². The number of aromatic nitrogens is 2. The average molecular weight is 582 g/mol. The van der Waals surface area contributed by atoms with Gasteiger partial charge in [-0.1, -0.05) is 6.07 Å². The van der Waals surface area contributed by atoms with Gasteiger partial charge in [0.25, 0.3) is 5.91 Å². The highest BCUT2D eigenvalue weighted by molar-refractivity contribution is 14.1. The first kappa shape index (κ1) is 24.2. The summed E-state index contributed by atoms with van der Waals surface area (Å²) in [6.45, 7) is 1.73. The molecule has 4 aromatic rings. The zero-order valence-electron chi connectivity index (χ0n) is 18.9. The highest BCUT2D eigenvalue weighted by Gasteiger charge is 2.15. The van der Waals surface area contributed by atoms with Crippen molar-refractivity contribution in [2.75, 3.05) is 19.0 Å². The van der Waals surface area contributed by atoms with Crippen molar-refractivity contribution in [2.24, 2.45) is 0 Å². The number of H-pyrrole nitrogens is 1. The number of anilines is 1. The third-order valence-corrected chi connectivity index (χ3v) is 5.85. The van der Waals surface area contributed by atoms with Gasteiger partial charge in [-0.3, -0.25) is 4.79 Å². The summed E-state index contributed by atoms with van der Waals surface area (Å²) >= 11 is 2.08. The summed E-state index contributed by atoms with van der Waals surface area (Å²) in [5.74, 6) is 0.500. The van der Waals surface area contributed by atoms with E-state index in [1.54, 1.807) is 12.1 Å². The molecule has 0 saturated carbocycles. The molecule has 0 atom stereocenters. The van der Waals surface area contributed by atoms with E-state index < -0.39 is 5.91 Å². The Morgan fingerprint density at radius 2 is 2.00 bits per heavy atom. The summed E-state index contributed by atoms with van der Waals surface area (Å²) in [7, 11) is 1.50. The minimum absolute atomic E-state index is 0.263. The molecule has 0 unspecified atom stereocenters. The SMILES string of the molecule is COc1cc(/C=C(/C#N)c2nc3ccc(C)cc3[nH]2)cc(I)c1OCC(=O)Nc1ccc(F)cc1. The summed E-state index contributed by atoms with van der Waals surface area (Å²) in [5.41, 5.74) is 4.27. The fraction of sp³-hybridized carbons (Fsp3) is 0.115. The maximum atomic E-state index is 13.0. The van der Waals surface area contributed by atoms with Gasteiger partial charge >= 0.3 is 0 Å². The van der Waals surface area contributed by atoms with E-state index >= 15 is 0 Å². The molecule has 0 fully saturated rings. The molecular weight excluding hydrogens is 562 g/mol. The molecule has 3 aromatic carbocycles. The molecule has 4 rings (SSSR count). The quantitative estimate of drug-likeness (QED) is 0.215. The van der Waals surface area contributed by atoms with Crippen LogP contribution in [0.15, 0.2) is 54.6 Å². The Morgan fingerprint density at radius 1 is 1.23 bits per heavy atom. The number of hydrogen-bond donors (Lipinski definition) is 2. The first-order valence-electron chi connectivity index (χ1n) is 10.5. The number of methoxy groups -OCH3 is 1. The number of benzene rings is 3. The number of nitrogens with zero attached hydrogens (tertiary/aromatic N) is 2. The Bertz CT molecular complexity index is 1470. The van der Waals surface area contributed by atoms with Crippen LogP contribution in [0.3, 0.4) is 0 Å². The molecule has 7 nitrogen and oxygen atoms in total. The van der Waals surface area contributed by atoms with Crippen LogP contribution in [-0.2, 0) is 4.79 Å². The second-order valence-corrected chi connectivity index (χ2v) is 8.82. The summed E-state index contributed by atoms with van der Waals surface area (Å²) in [6.07, 6.45) is 1.71. The molecule has 0 bridgehead atoms. The van der Waals surface area contributed by atoms with Crippen LogP contribution in [0.2, 0.25) is 0 Å². The van der Waals surface area contributed by atoms with Gasteiger partial charge in [0.15, 0.2) is 18.1 Å². The number of rotatable bonds is 7. The Kier molecular flexibility index (Phi) is 7.31. The van der Waals surface area contributed by atoms with E-state index in [0.29, 0.717) is 37.7 Å². The van der Waals surface area contributed by atoms with E-state index in [1.807, 2.05) is 31.2 Å². The molecule has 1 aromatic heterocycles. The maximum absolute atomic E-state index is 13.0. The minimum Gasteiger partial charge on any atom is -0.493 e. The van der Waals surface area contributed by atoms with E-state index in [1.165, 1.54) is 31.4 Å². The lowest BCUT2D eigenvalue weighted by Crippen LogP contribution is -2.20. The summed E-state index contributed by atoms with van der Waals surface area (Å²) < 4.78 is 24.9. The molecule has 0 aliphatic heterocycles. The van der Waals surface area contributed by atoms with Crippen LogP contribution < -0.4 is 14.8 Å². The second kappa shape index (κ2) is 10.6. The first-order chi connectivity index (χ1) is 16.9. The molecule has 2 N–H and O–H groups in total. The number of aryl methyl sites for hydroxylation is 1. The van der Waals surface area contributed by atoms with Crippen LogP contribution in [0.1, 0.15) is 17.0 Å². The highest BCUT2D eigenvalue weighted by atomic mass is 127. The third kappa shape index (κ3) is 5.78. The number of halogens is 2. The van der Waals surface area contributed by atoms with Crippen molar-refractivity contribution in [3.63, 3.8) is 0 Å². The van der Waals surface area contributed by atoms with Gasteiger partial charge in [-0.2, -0.15) is 5.26 Å². The Balaban J connectivity index is 1.54. The number of allylic oxidation sites excluding steroid dienone is 1. The second-order valence-electron chi connectivity index (χ2n) is 7.65. The first-order valence-corrected chi connectivity index (χ1v) is 11.6. The number of carbonyl (C=O) groups excluding carboxylic acids is 1. The Morgan fingerprint density at radius 3 is 2.71 bits per heavy atom. The molecule has 9 heteroatoms. The summed E-state index contributed by atoms with van der Waals surface area (Å²) in [4.78, 5) is 20.0. The third-order valence-electron chi connectivity index (χ3n) is 5.05. The molecule has 0 radical (unpaired) electrons. The number of carbonyl (C=O) groups is 1. The lowest BCUT2D eigenvalue weighted by Gasteiger charge is -2.14. The number of imidazole rings is 1. The normalized spacial score (nSPS) is 11.2. The molecule has 176 valence electrons. The smallest absolute Gasteiger partial charge is 0.262 e. The molecule has 0 spiro atoms. The van der Waals surface area contributed by atoms with Gasteiger partial charge in [-0.25, -0.2) is 9.37 Å². The zero-order valence-corrected chi connectivity index (χ0v) is 21.0. The predicted octanol–water partition coefficient (Wildman–Crippen LogP) is 5.71. The lowest BCUT2D eigenvalue weighted by molar-refractivity contribution is -0.118. The van der Waals surface area contributed by atoms with Crippen LogP contribution in [0.25, 0.3) is 22.7 Å². The van der Waals surface area contributed by atoms with Gasteiger partial charge in [-0.15, -0.1) is 0 Å². The molecular formula is C26H20FIN4O3. The summed E-state index contributed by atoms with van der Waals surface area (Å²) in [6, 6.07) is 17.0. The van der Waals surface area contributed by atoms with Crippen LogP contribution >= 0.6 is 22.6 Å². The summed E-state index contributed by atoms with van der Waals surface area (Å²) in [5, 5.41) is 12.4. The van der Waals surface area contributed by atoms with Crippen molar-refractivity contribution < 1.29 is 18.7 Å². The Labute approximate surface area is 214 Å². The number of hydrogen-bond acceptors (Lipinski definition) is 5. The fourth-order valence-electron chi connectivity index (χ4n) is 3.40. The molecule has 35 heavy (non-hydrogen) atoms. The van der Waals surface area contributed by atoms with Gasteiger partial charge in [0.05, 0.1) is 27.3 Å². The molecule has 1 amide bonds. The largest absolute Gasteiger partial charge is 0.493 e. The van der Waals surface area contributed by atoms with Crippen LogP contribution in [-0.4, -0.2) is 29.6 Å². The van der Waals surface area contributed by atoms with Gasteiger partial charge < -0.3 is 19.8 Å². The van der Waals surface area contributed by atoms with Crippen molar-refractivity contribution in [1.82, 2.24) is 9.97 Å². The van der Waals surface area contributed by atoms with Crippen molar-refractivity contribution in [2.45, 2.75) is 6.92 Å². The number of nitriles is 1. The highest BCUT2D eigenvalue weighted by Crippen LogP contribution is 2.35. The average Bonchev–Trinajstić information content (AvgIpc) is 3.26. The van der Waals surface area contributed by atoms with Crippen molar-refractivity contribution in [3.05, 3.63) is 80.9 Å². The molecule has 0 aliphatic rings. The Hall–Kier alpha value is -3.91. The number of aromatic amines is 1. The predicted molar refractivity (Wildman–Crippen MR) is 141 cm³/mol. The van der Waals surface area contributed by atoms with Crippen LogP contribution in [0.4, 0.5) is 10.1 Å². The van der Waals surface area contributed by atoms with E-state index in [4.69, 9.17) is 9.47 Å². The van der Waals surface area contributed by atoms with Gasteiger partial charge in [0.1, 0.15) is 17.7 Å². The zero-order chi connectivity index (χ0) is 24.9. The topological polar surface area (TPSA) is 100 Å². The molecule has 0 aliphatic carbocycles. The monoisotopic (exact) mass is 582 g/mol. The van der Waals surface area contributed by atoms with Gasteiger partial charge in [-0.05, 0) is 95.2 Å². The fourth-order valence-corrected chi connectivity index (χ4v) is 4.18. The van der Waals surface area contributed by atoms with Crippen molar-refractivity contribution >= 4 is 56.9 Å². The number of fused-ring (bicyclic) bond motifs is 1. The standard InChI is InChI=1S/C26H20FIN4O3/c1-15-3-8-21-22(9-15)32-26(31-21)17(13-29)10-16-11-20(28)25(23(12-16)34-2)35-14-24(33)30-19-6-4-18(27)5-7-19/h3-12H,14H2,1-2H3,(H,30,33)(H,31,32)/b17-10-. The number of ether oxygens (including phenoxy) is 2. The van der Waals surface area contributed by atoms with E-state index in [9.17, 15) is 14.4 Å². The number of amides is 1. The van der Waals surface area contributed by atoms with E-state index in [0.717, 1.165) is 16.6 Å². The minimum atomic E-state index is -0.398. The van der Waals surface area contributed by atoms with Gasteiger partial charge in [0.2, 0.25) is 0 Å². The van der Waals surface area contributed by atoms with Crippen LogP contribution in [0, 0.1) is 27.6 Å². The van der Waals surface area contributed by atoms with Crippen molar-refractivity contribution in [3.8, 4) is 17.6 Å². The molecule has 1 heterocycles. The van der Waals surface area contributed by atoms with Crippen LogP contribution in [0.5, 0.6) is 11.5 Å². The number of nitrogens with one attached hydrogen (secondary N) is 2. The van der Waals surface area contributed by atoms with E-state index in [2.05, 4.69) is 43.9 Å². The lowest BCUT2D eigenvalue weighted by atomic mass is 10.1. The van der Waals surface area contributed by atoms with Crippen molar-refractivity contribution in [1.29, 1.82) is 5.26 Å².